The third kappa shape index (κ3) is 2.36. The first-order valence-electron chi connectivity index (χ1n) is 3.72. The molecule has 0 spiro atoms. The van der Waals surface area contributed by atoms with Crippen molar-refractivity contribution in [1.29, 1.82) is 0 Å². The van der Waals surface area contributed by atoms with Gasteiger partial charge in [-0.15, -0.1) is 0 Å². The van der Waals surface area contributed by atoms with Gasteiger partial charge in [0.1, 0.15) is 5.75 Å². The Hall–Kier alpha value is -1.35. The predicted molar refractivity (Wildman–Crippen MR) is 48.9 cm³/mol. The van der Waals surface area contributed by atoms with Gasteiger partial charge in [0.05, 0.1) is 13.3 Å². The summed E-state index contributed by atoms with van der Waals surface area (Å²) in [5, 5.41) is 0. The van der Waals surface area contributed by atoms with Crippen molar-refractivity contribution in [3.05, 3.63) is 30.1 Å². The zero-order valence-corrected chi connectivity index (χ0v) is 7.03. The SMILES string of the molecule is COc1cncc(C=CCN)c1. The van der Waals surface area contributed by atoms with Crippen LogP contribution in [0.15, 0.2) is 24.5 Å². The largest absolute Gasteiger partial charge is 0.495 e. The quantitative estimate of drug-likeness (QED) is 0.726. The molecule has 0 aliphatic rings. The highest BCUT2D eigenvalue weighted by Crippen LogP contribution is 2.10. The molecule has 0 fully saturated rings. The summed E-state index contributed by atoms with van der Waals surface area (Å²) in [5.41, 5.74) is 6.31. The normalized spacial score (nSPS) is 10.5. The van der Waals surface area contributed by atoms with Gasteiger partial charge in [0.15, 0.2) is 0 Å². The minimum atomic E-state index is 0.539. The van der Waals surface area contributed by atoms with Crippen molar-refractivity contribution in [2.45, 2.75) is 0 Å². The van der Waals surface area contributed by atoms with E-state index in [0.29, 0.717) is 6.54 Å². The van der Waals surface area contributed by atoms with Crippen LogP contribution in [0.4, 0.5) is 0 Å². The highest BCUT2D eigenvalue weighted by atomic mass is 16.5. The highest BCUT2D eigenvalue weighted by Gasteiger charge is 1.91. The lowest BCUT2D eigenvalue weighted by molar-refractivity contribution is 0.413. The number of rotatable bonds is 3. The molecule has 0 unspecified atom stereocenters. The summed E-state index contributed by atoms with van der Waals surface area (Å²) < 4.78 is 5.01. The zero-order chi connectivity index (χ0) is 8.81. The maximum Gasteiger partial charge on any atom is 0.137 e. The van der Waals surface area contributed by atoms with Crippen LogP contribution in [0, 0.1) is 0 Å². The van der Waals surface area contributed by atoms with E-state index in [1.165, 1.54) is 0 Å². The molecule has 1 aromatic heterocycles. The first-order valence-corrected chi connectivity index (χ1v) is 3.72. The van der Waals surface area contributed by atoms with Gasteiger partial charge in [-0.1, -0.05) is 12.2 Å². The number of hydrogen-bond acceptors (Lipinski definition) is 3. The number of pyridine rings is 1. The fourth-order valence-corrected chi connectivity index (χ4v) is 0.842. The average Bonchev–Trinajstić information content (AvgIpc) is 2.15. The van der Waals surface area contributed by atoms with Crippen molar-refractivity contribution in [3.8, 4) is 5.75 Å². The van der Waals surface area contributed by atoms with Crippen LogP contribution in [0.25, 0.3) is 6.08 Å². The van der Waals surface area contributed by atoms with Gasteiger partial charge in [-0.25, -0.2) is 0 Å². The topological polar surface area (TPSA) is 48.1 Å². The summed E-state index contributed by atoms with van der Waals surface area (Å²) in [6, 6.07) is 1.90. The molecular weight excluding hydrogens is 152 g/mol. The van der Waals surface area contributed by atoms with E-state index in [0.717, 1.165) is 11.3 Å². The van der Waals surface area contributed by atoms with Crippen molar-refractivity contribution < 1.29 is 4.74 Å². The Morgan fingerprint density at radius 3 is 3.08 bits per heavy atom. The first kappa shape index (κ1) is 8.74. The fraction of sp³-hybridized carbons (Fsp3) is 0.222. The van der Waals surface area contributed by atoms with E-state index in [9.17, 15) is 0 Å². The van der Waals surface area contributed by atoms with Gasteiger partial charge in [0, 0.05) is 12.7 Å². The third-order valence-electron chi connectivity index (χ3n) is 1.42. The van der Waals surface area contributed by atoms with Crippen LogP contribution in [0.1, 0.15) is 5.56 Å². The third-order valence-corrected chi connectivity index (χ3v) is 1.42. The molecule has 1 aromatic rings. The van der Waals surface area contributed by atoms with E-state index in [1.807, 2.05) is 18.2 Å². The molecule has 3 nitrogen and oxygen atoms in total. The van der Waals surface area contributed by atoms with E-state index in [2.05, 4.69) is 4.98 Å². The van der Waals surface area contributed by atoms with Gasteiger partial charge in [-0.05, 0) is 11.6 Å². The molecule has 0 aromatic carbocycles. The Morgan fingerprint density at radius 1 is 1.58 bits per heavy atom. The Kier molecular flexibility index (Phi) is 3.29. The molecule has 0 bridgehead atoms. The second-order valence-corrected chi connectivity index (χ2v) is 2.30. The van der Waals surface area contributed by atoms with Gasteiger partial charge in [-0.2, -0.15) is 0 Å². The minimum absolute atomic E-state index is 0.539. The second-order valence-electron chi connectivity index (χ2n) is 2.30. The van der Waals surface area contributed by atoms with Gasteiger partial charge in [0.2, 0.25) is 0 Å². The molecule has 1 rings (SSSR count). The first-order chi connectivity index (χ1) is 5.86. The van der Waals surface area contributed by atoms with Gasteiger partial charge in [0.25, 0.3) is 0 Å². The van der Waals surface area contributed by atoms with Crippen LogP contribution in [-0.4, -0.2) is 18.6 Å². The smallest absolute Gasteiger partial charge is 0.137 e. The van der Waals surface area contributed by atoms with Crippen molar-refractivity contribution in [1.82, 2.24) is 4.98 Å². The van der Waals surface area contributed by atoms with Crippen LogP contribution in [0.2, 0.25) is 0 Å². The van der Waals surface area contributed by atoms with Crippen molar-refractivity contribution in [2.24, 2.45) is 5.73 Å². The Labute approximate surface area is 71.9 Å². The summed E-state index contributed by atoms with van der Waals surface area (Å²) >= 11 is 0. The summed E-state index contributed by atoms with van der Waals surface area (Å²) in [6.45, 7) is 0.539. The lowest BCUT2D eigenvalue weighted by Gasteiger charge is -1.98. The van der Waals surface area contributed by atoms with Crippen LogP contribution < -0.4 is 10.5 Å². The predicted octanol–water partition coefficient (Wildman–Crippen LogP) is 1.06. The average molecular weight is 164 g/mol. The molecule has 1 heterocycles. The standard InChI is InChI=1S/C9H12N2O/c1-12-9-5-8(3-2-4-10)6-11-7-9/h2-3,5-7H,4,10H2,1H3. The summed E-state index contributed by atoms with van der Waals surface area (Å²) in [7, 11) is 1.62. The molecule has 0 saturated heterocycles. The molecule has 12 heavy (non-hydrogen) atoms. The molecule has 0 aliphatic carbocycles. The molecule has 0 aliphatic heterocycles. The van der Waals surface area contributed by atoms with Crippen molar-refractivity contribution in [3.63, 3.8) is 0 Å². The Bertz CT molecular complexity index is 271. The van der Waals surface area contributed by atoms with E-state index in [4.69, 9.17) is 10.5 Å². The molecule has 3 heteroatoms. The Balaban J connectivity index is 2.79. The molecule has 0 radical (unpaired) electrons. The number of nitrogens with zero attached hydrogens (tertiary/aromatic N) is 1. The monoisotopic (exact) mass is 164 g/mol. The number of aromatic nitrogens is 1. The van der Waals surface area contributed by atoms with E-state index < -0.39 is 0 Å². The molecular formula is C9H12N2O. The van der Waals surface area contributed by atoms with Crippen LogP contribution in [-0.2, 0) is 0 Å². The molecule has 64 valence electrons. The summed E-state index contributed by atoms with van der Waals surface area (Å²) in [4.78, 5) is 3.99. The maximum absolute atomic E-state index is 5.31. The maximum atomic E-state index is 5.31. The summed E-state index contributed by atoms with van der Waals surface area (Å²) in [6.07, 6.45) is 7.21. The van der Waals surface area contributed by atoms with E-state index >= 15 is 0 Å². The number of hydrogen-bond donors (Lipinski definition) is 1. The van der Waals surface area contributed by atoms with Crippen LogP contribution in [0.5, 0.6) is 5.75 Å². The lowest BCUT2D eigenvalue weighted by atomic mass is 10.2. The summed E-state index contributed by atoms with van der Waals surface area (Å²) in [5.74, 6) is 0.758. The fourth-order valence-electron chi connectivity index (χ4n) is 0.842. The van der Waals surface area contributed by atoms with Crippen molar-refractivity contribution in [2.75, 3.05) is 13.7 Å². The van der Waals surface area contributed by atoms with E-state index in [1.54, 1.807) is 19.5 Å². The van der Waals surface area contributed by atoms with Gasteiger partial charge < -0.3 is 10.5 Å². The lowest BCUT2D eigenvalue weighted by Crippen LogP contribution is -1.92. The number of ether oxygens (including phenoxy) is 1. The zero-order valence-electron chi connectivity index (χ0n) is 7.03. The number of nitrogens with two attached hydrogens (primary N) is 1. The Morgan fingerprint density at radius 2 is 2.42 bits per heavy atom. The highest BCUT2D eigenvalue weighted by molar-refractivity contribution is 5.49. The molecule has 0 atom stereocenters. The van der Waals surface area contributed by atoms with Crippen molar-refractivity contribution >= 4 is 6.08 Å². The minimum Gasteiger partial charge on any atom is -0.495 e. The van der Waals surface area contributed by atoms with Gasteiger partial charge >= 0.3 is 0 Å². The molecule has 0 saturated carbocycles. The van der Waals surface area contributed by atoms with Crippen LogP contribution >= 0.6 is 0 Å². The molecule has 0 amide bonds. The molecule has 2 N–H and O–H groups in total. The van der Waals surface area contributed by atoms with Gasteiger partial charge in [-0.3, -0.25) is 4.98 Å². The van der Waals surface area contributed by atoms with E-state index in [-0.39, 0.29) is 0 Å². The number of methoxy groups -OCH3 is 1. The second kappa shape index (κ2) is 4.51. The van der Waals surface area contributed by atoms with Crippen LogP contribution in [0.3, 0.4) is 0 Å².